The van der Waals surface area contributed by atoms with E-state index in [1.807, 2.05) is 37.3 Å². The Hall–Kier alpha value is -3.39. The molecule has 1 amide bonds. The summed E-state index contributed by atoms with van der Waals surface area (Å²) >= 11 is 1.38. The molecule has 0 saturated carbocycles. The van der Waals surface area contributed by atoms with Gasteiger partial charge in [-0.1, -0.05) is 30.0 Å². The molecule has 0 radical (unpaired) electrons. The zero-order chi connectivity index (χ0) is 20.2. The van der Waals surface area contributed by atoms with Crippen molar-refractivity contribution >= 4 is 34.4 Å². The van der Waals surface area contributed by atoms with Gasteiger partial charge in [-0.3, -0.25) is 4.79 Å². The average Bonchev–Trinajstić information content (AvgIpc) is 3.20. The highest BCUT2D eigenvalue weighted by molar-refractivity contribution is 8.00. The number of benzene rings is 2. The van der Waals surface area contributed by atoms with E-state index in [9.17, 15) is 4.79 Å². The number of fused-ring (bicyclic) bond motifs is 1. The predicted octanol–water partition coefficient (Wildman–Crippen LogP) is 3.94. The molecule has 1 atom stereocenters. The summed E-state index contributed by atoms with van der Waals surface area (Å²) in [6.45, 7) is 1.85. The van der Waals surface area contributed by atoms with E-state index in [0.717, 1.165) is 21.8 Å². The first-order chi connectivity index (χ1) is 14.2. The fourth-order valence-corrected chi connectivity index (χ4v) is 3.69. The van der Waals surface area contributed by atoms with Crippen molar-refractivity contribution in [1.29, 1.82) is 0 Å². The number of nitrogens with zero attached hydrogens (tertiary/aromatic N) is 4. The minimum Gasteiger partial charge on any atom is -0.497 e. The second-order valence-corrected chi connectivity index (χ2v) is 7.62. The number of methoxy groups -OCH3 is 1. The number of ether oxygens (including phenoxy) is 1. The Morgan fingerprint density at radius 3 is 2.59 bits per heavy atom. The second-order valence-electron chi connectivity index (χ2n) is 6.29. The van der Waals surface area contributed by atoms with E-state index in [0.29, 0.717) is 11.3 Å². The lowest BCUT2D eigenvalue weighted by atomic mass is 10.3. The maximum Gasteiger partial charge on any atom is 0.237 e. The molecule has 0 aliphatic heterocycles. The van der Waals surface area contributed by atoms with Crippen molar-refractivity contribution in [2.75, 3.05) is 12.4 Å². The quantitative estimate of drug-likeness (QED) is 0.386. The first-order valence-corrected chi connectivity index (χ1v) is 9.89. The van der Waals surface area contributed by atoms with Crippen LogP contribution in [0.25, 0.3) is 16.7 Å². The van der Waals surface area contributed by atoms with Crippen LogP contribution in [0.5, 0.6) is 5.75 Å². The molecule has 4 rings (SSSR count). The Morgan fingerprint density at radius 1 is 1.10 bits per heavy atom. The number of rotatable bonds is 6. The van der Waals surface area contributed by atoms with E-state index >= 15 is 0 Å². The fourth-order valence-electron chi connectivity index (χ4n) is 2.81. The van der Waals surface area contributed by atoms with Crippen molar-refractivity contribution in [3.8, 4) is 11.4 Å². The summed E-state index contributed by atoms with van der Waals surface area (Å²) in [6.07, 6.45) is 3.23. The van der Waals surface area contributed by atoms with Crippen LogP contribution in [0.3, 0.4) is 0 Å². The number of hydrogen-bond donors (Lipinski definition) is 1. The lowest BCUT2D eigenvalue weighted by molar-refractivity contribution is -0.115. The Balaban J connectivity index is 1.52. The van der Waals surface area contributed by atoms with Gasteiger partial charge in [0.1, 0.15) is 17.1 Å². The molecule has 146 valence electrons. The highest BCUT2D eigenvalue weighted by atomic mass is 32.2. The molecule has 2 heterocycles. The summed E-state index contributed by atoms with van der Waals surface area (Å²) < 4.78 is 6.90. The molecule has 0 saturated heterocycles. The zero-order valence-electron chi connectivity index (χ0n) is 15.9. The molecule has 1 N–H and O–H groups in total. The molecule has 0 fully saturated rings. The summed E-state index contributed by atoms with van der Waals surface area (Å²) in [5.74, 6) is 0.631. The first kappa shape index (κ1) is 18.9. The number of nitrogens with one attached hydrogen (secondary N) is 1. The molecule has 1 unspecified atom stereocenters. The summed E-state index contributed by atoms with van der Waals surface area (Å²) in [6, 6.07) is 17.0. The maximum absolute atomic E-state index is 12.6. The molecule has 29 heavy (non-hydrogen) atoms. The van der Waals surface area contributed by atoms with E-state index in [1.165, 1.54) is 18.1 Å². The third kappa shape index (κ3) is 4.07. The number of carbonyl (C=O) groups is 1. The Morgan fingerprint density at radius 2 is 1.86 bits per heavy atom. The molecule has 7 nitrogen and oxygen atoms in total. The minimum absolute atomic E-state index is 0.109. The highest BCUT2D eigenvalue weighted by Gasteiger charge is 2.19. The normalized spacial score (nSPS) is 11.9. The Kier molecular flexibility index (Phi) is 5.44. The largest absolute Gasteiger partial charge is 0.497 e. The Bertz CT molecular complexity index is 1130. The zero-order valence-corrected chi connectivity index (χ0v) is 16.8. The van der Waals surface area contributed by atoms with Crippen LogP contribution < -0.4 is 10.1 Å². The number of anilines is 1. The number of thioether (sulfide) groups is 1. The van der Waals surface area contributed by atoms with Crippen LogP contribution in [-0.4, -0.2) is 38.0 Å². The summed E-state index contributed by atoms with van der Waals surface area (Å²) in [7, 11) is 1.61. The molecule has 2 aromatic heterocycles. The van der Waals surface area contributed by atoms with Gasteiger partial charge in [0.25, 0.3) is 0 Å². The molecule has 0 aliphatic rings. The van der Waals surface area contributed by atoms with Crippen LogP contribution in [-0.2, 0) is 4.79 Å². The smallest absolute Gasteiger partial charge is 0.237 e. The number of aromatic nitrogens is 4. The number of amides is 1. The van der Waals surface area contributed by atoms with Crippen LogP contribution in [0, 0.1) is 0 Å². The molecule has 4 aromatic rings. The average molecular weight is 405 g/mol. The fraction of sp³-hybridized carbons (Fsp3) is 0.143. The van der Waals surface area contributed by atoms with Crippen molar-refractivity contribution in [1.82, 2.24) is 19.7 Å². The van der Waals surface area contributed by atoms with E-state index in [4.69, 9.17) is 4.74 Å². The van der Waals surface area contributed by atoms with Gasteiger partial charge in [0.05, 0.1) is 29.6 Å². The lowest BCUT2D eigenvalue weighted by Crippen LogP contribution is -2.22. The summed E-state index contributed by atoms with van der Waals surface area (Å²) in [5, 5.41) is 8.54. The van der Waals surface area contributed by atoms with Crippen LogP contribution in [0.15, 0.2) is 72.1 Å². The number of hydrogen-bond acceptors (Lipinski definition) is 6. The SMILES string of the molecule is COc1ccc(NC(=O)C(C)Sc2ncnc3c2cnn3-c2ccccc2)cc1. The van der Waals surface area contributed by atoms with Crippen molar-refractivity contribution in [2.45, 2.75) is 17.2 Å². The maximum atomic E-state index is 12.6. The van der Waals surface area contributed by atoms with Crippen molar-refractivity contribution in [2.24, 2.45) is 0 Å². The van der Waals surface area contributed by atoms with Gasteiger partial charge in [0, 0.05) is 5.69 Å². The van der Waals surface area contributed by atoms with Crippen molar-refractivity contribution in [3.05, 3.63) is 67.1 Å². The van der Waals surface area contributed by atoms with Gasteiger partial charge in [-0.05, 0) is 43.3 Å². The predicted molar refractivity (Wildman–Crippen MR) is 114 cm³/mol. The van der Waals surface area contributed by atoms with Gasteiger partial charge in [-0.2, -0.15) is 5.10 Å². The van der Waals surface area contributed by atoms with E-state index in [2.05, 4.69) is 20.4 Å². The second kappa shape index (κ2) is 8.32. The van der Waals surface area contributed by atoms with Crippen LogP contribution in [0.4, 0.5) is 5.69 Å². The lowest BCUT2D eigenvalue weighted by Gasteiger charge is -2.12. The van der Waals surface area contributed by atoms with E-state index < -0.39 is 0 Å². The van der Waals surface area contributed by atoms with Gasteiger partial charge >= 0.3 is 0 Å². The van der Waals surface area contributed by atoms with Crippen LogP contribution >= 0.6 is 11.8 Å². The molecule has 0 bridgehead atoms. The van der Waals surface area contributed by atoms with Gasteiger partial charge < -0.3 is 10.1 Å². The third-order valence-corrected chi connectivity index (χ3v) is 5.46. The number of para-hydroxylation sites is 1. The molecule has 0 spiro atoms. The van der Waals surface area contributed by atoms with E-state index in [1.54, 1.807) is 42.3 Å². The summed E-state index contributed by atoms with van der Waals surface area (Å²) in [4.78, 5) is 21.4. The van der Waals surface area contributed by atoms with Gasteiger partial charge in [-0.15, -0.1) is 0 Å². The summed E-state index contributed by atoms with van der Waals surface area (Å²) in [5.41, 5.74) is 2.34. The molecular formula is C21H19N5O2S. The number of carbonyl (C=O) groups excluding carboxylic acids is 1. The van der Waals surface area contributed by atoms with Crippen molar-refractivity contribution < 1.29 is 9.53 Å². The van der Waals surface area contributed by atoms with Crippen LogP contribution in [0.2, 0.25) is 0 Å². The highest BCUT2D eigenvalue weighted by Crippen LogP contribution is 2.29. The monoisotopic (exact) mass is 405 g/mol. The third-order valence-electron chi connectivity index (χ3n) is 4.35. The van der Waals surface area contributed by atoms with Gasteiger partial charge in [0.15, 0.2) is 5.65 Å². The first-order valence-electron chi connectivity index (χ1n) is 9.01. The van der Waals surface area contributed by atoms with Crippen molar-refractivity contribution in [3.63, 3.8) is 0 Å². The topological polar surface area (TPSA) is 81.9 Å². The molecule has 8 heteroatoms. The Labute approximate surface area is 172 Å². The molecular weight excluding hydrogens is 386 g/mol. The molecule has 2 aromatic carbocycles. The minimum atomic E-state index is -0.352. The standard InChI is InChI=1S/C21H19N5O2S/c1-14(20(27)25-15-8-10-17(28-2)11-9-15)29-21-18-12-24-26(19(18)22-13-23-21)16-6-4-3-5-7-16/h3-14H,1-2H3,(H,25,27). The van der Waals surface area contributed by atoms with Gasteiger partial charge in [-0.25, -0.2) is 14.6 Å². The van der Waals surface area contributed by atoms with Crippen LogP contribution in [0.1, 0.15) is 6.92 Å². The van der Waals surface area contributed by atoms with Gasteiger partial charge in [0.2, 0.25) is 5.91 Å². The molecule has 0 aliphatic carbocycles. The van der Waals surface area contributed by atoms with E-state index in [-0.39, 0.29) is 11.2 Å².